The van der Waals surface area contributed by atoms with E-state index < -0.39 is 17.3 Å². The molecule has 0 fully saturated rings. The van der Waals surface area contributed by atoms with Crippen molar-refractivity contribution in [3.05, 3.63) is 125 Å². The first-order valence-electron chi connectivity index (χ1n) is 12.0. The fourth-order valence-electron chi connectivity index (χ4n) is 4.01. The quantitative estimate of drug-likeness (QED) is 0.130. The predicted octanol–water partition coefficient (Wildman–Crippen LogP) is 8.06. The maximum Gasteiger partial charge on any atom is 0.416 e. The minimum absolute atomic E-state index is 0.00787. The number of alkyl halides is 3. The molecule has 0 amide bonds. The van der Waals surface area contributed by atoms with Crippen LogP contribution in [0.3, 0.4) is 0 Å². The van der Waals surface area contributed by atoms with Gasteiger partial charge in [-0.25, -0.2) is 4.98 Å². The van der Waals surface area contributed by atoms with Gasteiger partial charge in [0.2, 0.25) is 0 Å². The number of ether oxygens (including phenoxy) is 1. The lowest BCUT2D eigenvalue weighted by Gasteiger charge is -2.13. The van der Waals surface area contributed by atoms with Crippen LogP contribution in [0.2, 0.25) is 0 Å². The Morgan fingerprint density at radius 3 is 2.35 bits per heavy atom. The van der Waals surface area contributed by atoms with Gasteiger partial charge in [0.15, 0.2) is 5.82 Å². The second kappa shape index (κ2) is 11.7. The Labute approximate surface area is 255 Å². The summed E-state index contributed by atoms with van der Waals surface area (Å²) in [6.45, 7) is 2.44. The van der Waals surface area contributed by atoms with Crippen molar-refractivity contribution in [3.8, 4) is 17.1 Å². The molecule has 40 heavy (non-hydrogen) atoms. The van der Waals surface area contributed by atoms with Gasteiger partial charge in [-0.1, -0.05) is 54.1 Å². The maximum absolute atomic E-state index is 13.4. The molecule has 10 heteroatoms. The minimum Gasteiger partial charge on any atom is -0.487 e. The van der Waals surface area contributed by atoms with Crippen molar-refractivity contribution in [2.24, 2.45) is 5.10 Å². The number of aromatic nitrogens is 2. The number of rotatable bonds is 6. The van der Waals surface area contributed by atoms with Crippen molar-refractivity contribution < 1.29 is 17.9 Å². The summed E-state index contributed by atoms with van der Waals surface area (Å²) in [4.78, 5) is 17.9. The van der Waals surface area contributed by atoms with E-state index in [0.717, 1.165) is 35.3 Å². The van der Waals surface area contributed by atoms with Crippen LogP contribution in [-0.4, -0.2) is 15.9 Å². The summed E-state index contributed by atoms with van der Waals surface area (Å²) in [5, 5.41) is 4.70. The number of fused-ring (bicyclic) bond motifs is 1. The molecule has 5 aromatic rings. The van der Waals surface area contributed by atoms with Crippen LogP contribution in [0.5, 0.6) is 5.75 Å². The monoisotopic (exact) mass is 765 g/mol. The van der Waals surface area contributed by atoms with Crippen LogP contribution in [0.1, 0.15) is 22.3 Å². The highest BCUT2D eigenvalue weighted by atomic mass is 127. The third-order valence-electron chi connectivity index (χ3n) is 6.05. The second-order valence-corrected chi connectivity index (χ2v) is 11.3. The van der Waals surface area contributed by atoms with Gasteiger partial charge in [-0.3, -0.25) is 4.79 Å². The lowest BCUT2D eigenvalue weighted by Crippen LogP contribution is -2.20. The molecule has 0 atom stereocenters. The van der Waals surface area contributed by atoms with Gasteiger partial charge in [-0.05, 0) is 99.6 Å². The summed E-state index contributed by atoms with van der Waals surface area (Å²) in [6, 6.07) is 23.2. The van der Waals surface area contributed by atoms with Crippen LogP contribution in [0, 0.1) is 14.1 Å². The van der Waals surface area contributed by atoms with Crippen LogP contribution in [-0.2, 0) is 12.8 Å². The zero-order chi connectivity index (χ0) is 28.4. The van der Waals surface area contributed by atoms with E-state index in [9.17, 15) is 18.0 Å². The van der Waals surface area contributed by atoms with Crippen molar-refractivity contribution in [2.45, 2.75) is 19.7 Å². The Kier molecular flexibility index (Phi) is 8.26. The molecule has 5 nitrogen and oxygen atoms in total. The molecule has 0 saturated carbocycles. The van der Waals surface area contributed by atoms with E-state index in [1.807, 2.05) is 43.3 Å². The summed E-state index contributed by atoms with van der Waals surface area (Å²) in [6.07, 6.45) is -3.05. The van der Waals surface area contributed by atoms with Crippen molar-refractivity contribution in [1.29, 1.82) is 0 Å². The number of aryl methyl sites for hydroxylation is 1. The van der Waals surface area contributed by atoms with Crippen LogP contribution < -0.4 is 10.3 Å². The van der Waals surface area contributed by atoms with Gasteiger partial charge in [0.05, 0.1) is 29.8 Å². The Morgan fingerprint density at radius 1 is 0.950 bits per heavy atom. The average Bonchev–Trinajstić information content (AvgIpc) is 2.92. The van der Waals surface area contributed by atoms with Crippen molar-refractivity contribution in [1.82, 2.24) is 9.66 Å². The number of hydrogen-bond acceptors (Lipinski definition) is 4. The van der Waals surface area contributed by atoms with E-state index >= 15 is 0 Å². The summed E-state index contributed by atoms with van der Waals surface area (Å²) in [5.41, 5.74) is 2.07. The number of nitrogens with zero attached hydrogens (tertiary/aromatic N) is 3. The molecule has 1 aromatic heterocycles. The highest BCUT2D eigenvalue weighted by molar-refractivity contribution is 14.1. The van der Waals surface area contributed by atoms with Crippen molar-refractivity contribution in [3.63, 3.8) is 0 Å². The van der Waals surface area contributed by atoms with E-state index in [1.54, 1.807) is 24.3 Å². The molecule has 0 bridgehead atoms. The fourth-order valence-corrected chi connectivity index (χ4v) is 6.14. The molecule has 0 saturated heterocycles. The SMILES string of the molecule is Cc1ccc(COc2c(I)cc(C=Nn3c(-c4cccc(C(F)(F)F)c4)nc4ccccc4c3=O)cc2I)cc1. The summed E-state index contributed by atoms with van der Waals surface area (Å²) >= 11 is 4.36. The van der Waals surface area contributed by atoms with Gasteiger partial charge in [0.1, 0.15) is 12.4 Å². The first kappa shape index (κ1) is 28.3. The Balaban J connectivity index is 1.52. The highest BCUT2D eigenvalue weighted by Gasteiger charge is 2.31. The Hall–Kier alpha value is -3.26. The Bertz CT molecular complexity index is 1780. The summed E-state index contributed by atoms with van der Waals surface area (Å²) in [7, 11) is 0. The topological polar surface area (TPSA) is 56.5 Å². The molecule has 4 aromatic carbocycles. The molecule has 0 aliphatic heterocycles. The number of benzene rings is 4. The van der Waals surface area contributed by atoms with E-state index in [-0.39, 0.29) is 11.4 Å². The van der Waals surface area contributed by atoms with Crippen LogP contribution >= 0.6 is 45.2 Å². The lowest BCUT2D eigenvalue weighted by molar-refractivity contribution is -0.137. The molecule has 0 aliphatic rings. The lowest BCUT2D eigenvalue weighted by atomic mass is 10.1. The summed E-state index contributed by atoms with van der Waals surface area (Å²) in [5.74, 6) is 0.738. The largest absolute Gasteiger partial charge is 0.487 e. The normalized spacial score (nSPS) is 11.8. The third-order valence-corrected chi connectivity index (χ3v) is 7.65. The molecular formula is C30H20F3I2N3O2. The number of hydrogen-bond donors (Lipinski definition) is 0. The molecule has 0 N–H and O–H groups in total. The molecule has 1 heterocycles. The second-order valence-electron chi connectivity index (χ2n) is 8.98. The van der Waals surface area contributed by atoms with Gasteiger partial charge in [0.25, 0.3) is 5.56 Å². The zero-order valence-corrected chi connectivity index (χ0v) is 25.2. The van der Waals surface area contributed by atoms with Gasteiger partial charge in [-0.2, -0.15) is 22.9 Å². The number of para-hydroxylation sites is 1. The smallest absolute Gasteiger partial charge is 0.416 e. The molecule has 0 aliphatic carbocycles. The fraction of sp³-hybridized carbons (Fsp3) is 0.100. The van der Waals surface area contributed by atoms with E-state index in [2.05, 4.69) is 55.3 Å². The standard InChI is InChI=1S/C30H20F3I2N3O2/c1-18-9-11-19(12-10-18)17-40-27-24(34)13-20(14-25(27)35)16-36-38-28(21-5-4-6-22(15-21)30(31,32)33)37-26-8-3-2-7-23(26)29(38)39/h2-16H,17H2,1H3. The third kappa shape index (κ3) is 6.22. The van der Waals surface area contributed by atoms with Crippen molar-refractivity contribution in [2.75, 3.05) is 0 Å². The van der Waals surface area contributed by atoms with E-state index in [4.69, 9.17) is 4.74 Å². The van der Waals surface area contributed by atoms with Gasteiger partial charge in [0, 0.05) is 5.56 Å². The van der Waals surface area contributed by atoms with Gasteiger partial charge in [-0.15, -0.1) is 0 Å². The molecule has 5 rings (SSSR count). The Morgan fingerprint density at radius 2 is 1.65 bits per heavy atom. The molecule has 0 unspecified atom stereocenters. The highest BCUT2D eigenvalue weighted by Crippen LogP contribution is 2.32. The minimum atomic E-state index is -4.54. The average molecular weight is 765 g/mol. The van der Waals surface area contributed by atoms with Crippen molar-refractivity contribution >= 4 is 62.3 Å². The molecule has 0 spiro atoms. The predicted molar refractivity (Wildman–Crippen MR) is 167 cm³/mol. The first-order chi connectivity index (χ1) is 19.1. The summed E-state index contributed by atoms with van der Waals surface area (Å²) < 4.78 is 49.1. The van der Waals surface area contributed by atoms with Gasteiger partial charge < -0.3 is 4.74 Å². The molecule has 0 radical (unpaired) electrons. The zero-order valence-electron chi connectivity index (χ0n) is 20.9. The number of halogens is 5. The molecule has 202 valence electrons. The van der Waals surface area contributed by atoms with E-state index in [0.29, 0.717) is 23.1 Å². The van der Waals surface area contributed by atoms with Gasteiger partial charge >= 0.3 is 6.18 Å². The maximum atomic E-state index is 13.4. The van der Waals surface area contributed by atoms with E-state index in [1.165, 1.54) is 23.9 Å². The van der Waals surface area contributed by atoms with Crippen LogP contribution in [0.25, 0.3) is 22.3 Å². The van der Waals surface area contributed by atoms with Crippen LogP contribution in [0.4, 0.5) is 13.2 Å². The van der Waals surface area contributed by atoms with Crippen LogP contribution in [0.15, 0.2) is 94.8 Å². The molecular weight excluding hydrogens is 745 g/mol. The first-order valence-corrected chi connectivity index (χ1v) is 14.2.